The number of aliphatic hydroxyl groups excluding tert-OH is 1. The van der Waals surface area contributed by atoms with E-state index in [1.165, 1.54) is 0 Å². The Labute approximate surface area is 132 Å². The van der Waals surface area contributed by atoms with Crippen molar-refractivity contribution in [3.63, 3.8) is 0 Å². The van der Waals surface area contributed by atoms with Gasteiger partial charge in [0.15, 0.2) is 0 Å². The number of hydrogen-bond donors (Lipinski definition) is 1. The number of hydrogen-bond acceptors (Lipinski definition) is 5. The summed E-state index contributed by atoms with van der Waals surface area (Å²) < 4.78 is 41.9. The molecule has 0 aliphatic heterocycles. The van der Waals surface area contributed by atoms with Gasteiger partial charge in [0.2, 0.25) is 5.70 Å². The van der Waals surface area contributed by atoms with Gasteiger partial charge >= 0.3 is 12.1 Å². The fourth-order valence-corrected chi connectivity index (χ4v) is 1.57. The van der Waals surface area contributed by atoms with E-state index >= 15 is 0 Å². The lowest BCUT2D eigenvalue weighted by atomic mass is 10.2. The van der Waals surface area contributed by atoms with Crippen molar-refractivity contribution in [1.82, 2.24) is 0 Å². The first kappa shape index (κ1) is 18.1. The van der Waals surface area contributed by atoms with E-state index in [1.54, 1.807) is 6.92 Å². The first-order valence-corrected chi connectivity index (χ1v) is 7.16. The number of alkyl halides is 4. The quantitative estimate of drug-likeness (QED) is 0.268. The fourth-order valence-electron chi connectivity index (χ4n) is 1.30. The van der Waals surface area contributed by atoms with Crippen LogP contribution in [0, 0.1) is 0 Å². The number of benzene rings is 1. The molecule has 9 heteroatoms. The van der Waals surface area contributed by atoms with Gasteiger partial charge in [-0.1, -0.05) is 15.9 Å². The summed E-state index contributed by atoms with van der Waals surface area (Å²) in [6.07, 6.45) is -4.44. The Morgan fingerprint density at radius 1 is 1.32 bits per heavy atom. The van der Waals surface area contributed by atoms with Crippen LogP contribution < -0.4 is 0 Å². The fraction of sp³-hybridized carbons (Fsp3) is 0.308. The van der Waals surface area contributed by atoms with Crippen LogP contribution in [0.3, 0.4) is 0 Å². The first-order valence-electron chi connectivity index (χ1n) is 6.03. The second-order valence-electron chi connectivity index (χ2n) is 3.89. The molecular formula is C13H12BrF3N2O3. The summed E-state index contributed by atoms with van der Waals surface area (Å²) in [6, 6.07) is 3.87. The summed E-state index contributed by atoms with van der Waals surface area (Å²) in [6.45, 7) is 1.65. The molecule has 0 unspecified atom stereocenters. The van der Waals surface area contributed by atoms with Crippen LogP contribution in [0.2, 0.25) is 0 Å². The second kappa shape index (κ2) is 7.92. The van der Waals surface area contributed by atoms with Gasteiger partial charge < -0.3 is 9.84 Å². The van der Waals surface area contributed by atoms with Crippen molar-refractivity contribution >= 4 is 27.6 Å². The molecule has 0 saturated heterocycles. The summed E-state index contributed by atoms with van der Waals surface area (Å²) in [5.74, 6) is -1.27. The van der Waals surface area contributed by atoms with Crippen molar-refractivity contribution in [2.24, 2.45) is 10.2 Å². The lowest BCUT2D eigenvalue weighted by Gasteiger charge is -2.06. The van der Waals surface area contributed by atoms with Gasteiger partial charge in [-0.15, -0.1) is 5.11 Å². The minimum Gasteiger partial charge on any atom is -0.509 e. The lowest BCUT2D eigenvalue weighted by Crippen LogP contribution is -2.09. The molecule has 0 spiro atoms. The number of aliphatic hydroxyl groups is 1. The standard InChI is InChI=1S/C13H12BrF3N2O3/c1-2-22-12(21)11(10(20)7-14)19-18-9-5-3-8(4-6-9)13(15,16)17/h3-6,20H,2,7H2,1H3. The number of nitrogens with zero attached hydrogens (tertiary/aromatic N) is 2. The van der Waals surface area contributed by atoms with Gasteiger partial charge in [-0.25, -0.2) is 4.79 Å². The molecule has 0 saturated carbocycles. The van der Waals surface area contributed by atoms with Crippen molar-refractivity contribution in [2.75, 3.05) is 11.9 Å². The van der Waals surface area contributed by atoms with Crippen LogP contribution in [-0.2, 0) is 15.7 Å². The molecule has 1 N–H and O–H groups in total. The zero-order chi connectivity index (χ0) is 16.8. The predicted molar refractivity (Wildman–Crippen MR) is 76.0 cm³/mol. The molecule has 120 valence electrons. The van der Waals surface area contributed by atoms with Crippen LogP contribution in [0.1, 0.15) is 12.5 Å². The highest BCUT2D eigenvalue weighted by Gasteiger charge is 2.29. The van der Waals surface area contributed by atoms with Gasteiger partial charge in [0, 0.05) is 0 Å². The molecule has 22 heavy (non-hydrogen) atoms. The van der Waals surface area contributed by atoms with Crippen LogP contribution in [0.25, 0.3) is 0 Å². The number of carbonyl (C=O) groups is 1. The Morgan fingerprint density at radius 2 is 1.91 bits per heavy atom. The van der Waals surface area contributed by atoms with Crippen LogP contribution in [-0.4, -0.2) is 23.0 Å². The third kappa shape index (κ3) is 5.14. The van der Waals surface area contributed by atoms with Crippen LogP contribution in [0.5, 0.6) is 0 Å². The zero-order valence-corrected chi connectivity index (χ0v) is 13.0. The van der Waals surface area contributed by atoms with E-state index in [4.69, 9.17) is 4.74 Å². The Morgan fingerprint density at radius 3 is 2.36 bits per heavy atom. The van der Waals surface area contributed by atoms with E-state index in [-0.39, 0.29) is 17.6 Å². The van der Waals surface area contributed by atoms with Gasteiger partial charge in [0.1, 0.15) is 5.76 Å². The maximum absolute atomic E-state index is 12.4. The molecule has 1 rings (SSSR count). The Bertz CT molecular complexity index is 583. The topological polar surface area (TPSA) is 71.2 Å². The summed E-state index contributed by atoms with van der Waals surface area (Å²) in [7, 11) is 0. The molecule has 1 aromatic carbocycles. The average molecular weight is 381 g/mol. The normalized spacial score (nSPS) is 13.1. The molecule has 1 aromatic rings. The van der Waals surface area contributed by atoms with Gasteiger partial charge in [-0.2, -0.15) is 18.3 Å². The number of halogens is 4. The smallest absolute Gasteiger partial charge is 0.416 e. The molecule has 0 aromatic heterocycles. The third-order valence-corrected chi connectivity index (χ3v) is 2.86. The molecule has 0 bridgehead atoms. The minimum absolute atomic E-state index is 0.0484. The number of rotatable bonds is 5. The van der Waals surface area contributed by atoms with Gasteiger partial charge in [-0.3, -0.25) is 0 Å². The molecular weight excluding hydrogens is 369 g/mol. The van der Waals surface area contributed by atoms with E-state index in [0.29, 0.717) is 0 Å². The first-order chi connectivity index (χ1) is 10.3. The molecule has 0 amide bonds. The van der Waals surface area contributed by atoms with E-state index < -0.39 is 29.2 Å². The highest BCUT2D eigenvalue weighted by molar-refractivity contribution is 9.09. The average Bonchev–Trinajstić information content (AvgIpc) is 2.47. The highest BCUT2D eigenvalue weighted by Crippen LogP contribution is 2.30. The van der Waals surface area contributed by atoms with Gasteiger partial charge in [-0.05, 0) is 31.2 Å². The molecule has 0 fully saturated rings. The van der Waals surface area contributed by atoms with Crippen LogP contribution in [0.4, 0.5) is 18.9 Å². The Balaban J connectivity index is 2.99. The van der Waals surface area contributed by atoms with E-state index in [9.17, 15) is 23.1 Å². The SMILES string of the molecule is CCOC(=O)C(N=Nc1ccc(C(F)(F)F)cc1)=C(O)CBr. The highest BCUT2D eigenvalue weighted by atomic mass is 79.9. The largest absolute Gasteiger partial charge is 0.509 e. The third-order valence-electron chi connectivity index (χ3n) is 2.33. The van der Waals surface area contributed by atoms with E-state index in [0.717, 1.165) is 24.3 Å². The summed E-state index contributed by atoms with van der Waals surface area (Å²) >= 11 is 2.95. The van der Waals surface area contributed by atoms with E-state index in [2.05, 4.69) is 26.2 Å². The molecule has 0 heterocycles. The molecule has 0 atom stereocenters. The van der Waals surface area contributed by atoms with Gasteiger partial charge in [0.05, 0.1) is 23.2 Å². The van der Waals surface area contributed by atoms with Crippen LogP contribution in [0.15, 0.2) is 46.0 Å². The maximum atomic E-state index is 12.4. The lowest BCUT2D eigenvalue weighted by molar-refractivity contribution is -0.139. The molecule has 0 aliphatic rings. The number of azo groups is 1. The van der Waals surface area contributed by atoms with Crippen molar-refractivity contribution in [1.29, 1.82) is 0 Å². The monoisotopic (exact) mass is 380 g/mol. The minimum atomic E-state index is -4.44. The van der Waals surface area contributed by atoms with Gasteiger partial charge in [0.25, 0.3) is 0 Å². The number of ether oxygens (including phenoxy) is 1. The number of carbonyl (C=O) groups excluding carboxylic acids is 1. The summed E-state index contributed by atoms with van der Waals surface area (Å²) in [4.78, 5) is 11.6. The number of esters is 1. The van der Waals surface area contributed by atoms with Crippen molar-refractivity contribution < 1.29 is 27.8 Å². The zero-order valence-electron chi connectivity index (χ0n) is 11.4. The summed E-state index contributed by atoms with van der Waals surface area (Å²) in [5.41, 5.74) is -1.15. The van der Waals surface area contributed by atoms with E-state index in [1.807, 2.05) is 0 Å². The molecule has 5 nitrogen and oxygen atoms in total. The predicted octanol–water partition coefficient (Wildman–Crippen LogP) is 4.52. The van der Waals surface area contributed by atoms with Crippen LogP contribution >= 0.6 is 15.9 Å². The molecule has 0 aliphatic carbocycles. The van der Waals surface area contributed by atoms with Crippen molar-refractivity contribution in [3.05, 3.63) is 41.3 Å². The Kier molecular flexibility index (Phi) is 6.54. The second-order valence-corrected chi connectivity index (χ2v) is 4.45. The Hall–Kier alpha value is -1.90. The maximum Gasteiger partial charge on any atom is 0.416 e. The molecule has 0 radical (unpaired) electrons. The number of allylic oxidation sites excluding steroid dienone is 1. The summed E-state index contributed by atoms with van der Waals surface area (Å²) in [5, 5.41) is 16.7. The van der Waals surface area contributed by atoms with Crippen molar-refractivity contribution in [3.8, 4) is 0 Å². The van der Waals surface area contributed by atoms with Crippen molar-refractivity contribution in [2.45, 2.75) is 13.1 Å².